The molecule has 2 aliphatic rings. The van der Waals surface area contributed by atoms with E-state index >= 15 is 0 Å². The Hall–Kier alpha value is -3.21. The van der Waals surface area contributed by atoms with Crippen LogP contribution in [0.3, 0.4) is 0 Å². The molecule has 2 atom stereocenters. The normalized spacial score (nSPS) is 25.7. The van der Waals surface area contributed by atoms with Crippen LogP contribution in [-0.2, 0) is 17.6 Å². The summed E-state index contributed by atoms with van der Waals surface area (Å²) in [4.78, 5) is 22.8. The molecule has 5 nitrogen and oxygen atoms in total. The van der Waals surface area contributed by atoms with Crippen molar-refractivity contribution >= 4 is 17.4 Å². The fourth-order valence-electron chi connectivity index (χ4n) is 6.89. The number of carbonyl (C=O) groups excluding carboxylic acids is 1. The molecule has 2 aromatic carbocycles. The average Bonchev–Trinajstić information content (AvgIpc) is 2.80. The second kappa shape index (κ2) is 9.80. The van der Waals surface area contributed by atoms with E-state index in [1.165, 1.54) is 32.1 Å². The number of aromatic nitrogens is 2. The number of carbonyl (C=O) groups is 1. The van der Waals surface area contributed by atoms with Crippen molar-refractivity contribution in [3.8, 4) is 11.3 Å². The van der Waals surface area contributed by atoms with E-state index in [1.807, 2.05) is 54.6 Å². The van der Waals surface area contributed by atoms with Crippen LogP contribution in [-0.4, -0.2) is 15.9 Å². The van der Waals surface area contributed by atoms with Crippen molar-refractivity contribution in [3.05, 3.63) is 72.1 Å². The number of benzene rings is 2. The van der Waals surface area contributed by atoms with E-state index in [2.05, 4.69) is 19.2 Å². The first-order chi connectivity index (χ1) is 16.9. The van der Waals surface area contributed by atoms with Crippen LogP contribution >= 0.6 is 0 Å². The van der Waals surface area contributed by atoms with E-state index in [4.69, 9.17) is 15.7 Å². The SMILES string of the molecule is CC1CC2CC(C)CC(Cc3nc(-c4ccc(N)cc4)cnc3NC(=O)Cc3ccccc3)(C1)C2. The molecule has 2 unspecified atom stereocenters. The van der Waals surface area contributed by atoms with Crippen molar-refractivity contribution in [2.45, 2.75) is 58.8 Å². The van der Waals surface area contributed by atoms with E-state index in [9.17, 15) is 4.79 Å². The fraction of sp³-hybridized carbons (Fsp3) is 0.433. The van der Waals surface area contributed by atoms with E-state index in [-0.39, 0.29) is 11.3 Å². The molecule has 1 heterocycles. The number of anilines is 2. The standard InChI is InChI=1S/C30H36N4O/c1-20-12-23-13-21(2)16-30(15-20,17-23)18-26-29(34-28(35)14-22-6-4-3-5-7-22)32-19-27(33-26)24-8-10-25(31)11-9-24/h3-11,19-21,23H,12-18,31H2,1-2H3,(H,32,34,35). The second-order valence-corrected chi connectivity index (χ2v) is 11.2. The number of amides is 1. The molecule has 3 N–H and O–H groups in total. The Morgan fingerprint density at radius 3 is 2.37 bits per heavy atom. The predicted octanol–water partition coefficient (Wildman–Crippen LogP) is 6.30. The van der Waals surface area contributed by atoms with Crippen molar-refractivity contribution in [2.24, 2.45) is 23.2 Å². The summed E-state index contributed by atoms with van der Waals surface area (Å²) in [5.74, 6) is 2.80. The summed E-state index contributed by atoms with van der Waals surface area (Å²) < 4.78 is 0. The molecular weight excluding hydrogens is 432 g/mol. The Kier molecular flexibility index (Phi) is 6.59. The van der Waals surface area contributed by atoms with Gasteiger partial charge in [0.05, 0.1) is 24.0 Å². The summed E-state index contributed by atoms with van der Waals surface area (Å²) in [6, 6.07) is 17.6. The molecule has 0 spiro atoms. The molecule has 0 aliphatic heterocycles. The molecule has 2 aliphatic carbocycles. The van der Waals surface area contributed by atoms with Crippen LogP contribution < -0.4 is 11.1 Å². The molecule has 1 amide bonds. The predicted molar refractivity (Wildman–Crippen MR) is 142 cm³/mol. The maximum atomic E-state index is 12.9. The number of nitrogens with two attached hydrogens (primary N) is 1. The van der Waals surface area contributed by atoms with Crippen LogP contribution in [0.4, 0.5) is 11.5 Å². The molecule has 3 aromatic rings. The maximum absolute atomic E-state index is 12.9. The second-order valence-electron chi connectivity index (χ2n) is 11.2. The lowest BCUT2D eigenvalue weighted by molar-refractivity contribution is -0.115. The zero-order chi connectivity index (χ0) is 24.4. The van der Waals surface area contributed by atoms with Crippen LogP contribution in [0, 0.1) is 23.2 Å². The summed E-state index contributed by atoms with van der Waals surface area (Å²) in [5.41, 5.74) is 10.6. The van der Waals surface area contributed by atoms with Gasteiger partial charge in [-0.25, -0.2) is 9.97 Å². The van der Waals surface area contributed by atoms with Gasteiger partial charge in [0.2, 0.25) is 5.91 Å². The van der Waals surface area contributed by atoms with E-state index < -0.39 is 0 Å². The molecule has 0 radical (unpaired) electrons. The molecule has 2 saturated carbocycles. The van der Waals surface area contributed by atoms with Gasteiger partial charge in [0.25, 0.3) is 0 Å². The topological polar surface area (TPSA) is 80.9 Å². The first-order valence-electron chi connectivity index (χ1n) is 12.9. The Bertz CT molecular complexity index is 1160. The van der Waals surface area contributed by atoms with E-state index in [0.29, 0.717) is 12.2 Å². The van der Waals surface area contributed by atoms with Gasteiger partial charge in [-0.1, -0.05) is 56.3 Å². The zero-order valence-electron chi connectivity index (χ0n) is 20.8. The van der Waals surface area contributed by atoms with E-state index in [0.717, 1.165) is 52.4 Å². The smallest absolute Gasteiger partial charge is 0.229 e. The highest BCUT2D eigenvalue weighted by Crippen LogP contribution is 2.54. The van der Waals surface area contributed by atoms with Gasteiger partial charge in [-0.15, -0.1) is 0 Å². The number of nitrogen functional groups attached to an aromatic ring is 1. The summed E-state index contributed by atoms with van der Waals surface area (Å²) in [6.07, 6.45) is 9.32. The molecule has 2 bridgehead atoms. The first-order valence-corrected chi connectivity index (χ1v) is 12.9. The molecule has 35 heavy (non-hydrogen) atoms. The third-order valence-corrected chi connectivity index (χ3v) is 7.81. The largest absolute Gasteiger partial charge is 0.399 e. The number of nitrogens with one attached hydrogen (secondary N) is 1. The molecular formula is C30H36N4O. The van der Waals surface area contributed by atoms with Crippen LogP contribution in [0.15, 0.2) is 60.8 Å². The third kappa shape index (κ3) is 5.55. The minimum Gasteiger partial charge on any atom is -0.399 e. The number of fused-ring (bicyclic) bond motifs is 2. The Morgan fingerprint density at radius 1 is 1.00 bits per heavy atom. The van der Waals surface area contributed by atoms with Gasteiger partial charge >= 0.3 is 0 Å². The van der Waals surface area contributed by atoms with Gasteiger partial charge in [0.15, 0.2) is 5.82 Å². The van der Waals surface area contributed by atoms with Gasteiger partial charge < -0.3 is 11.1 Å². The van der Waals surface area contributed by atoms with Crippen molar-refractivity contribution in [2.75, 3.05) is 11.1 Å². The van der Waals surface area contributed by atoms with Crippen LogP contribution in [0.25, 0.3) is 11.3 Å². The highest BCUT2D eigenvalue weighted by molar-refractivity contribution is 5.92. The molecule has 2 fully saturated rings. The lowest BCUT2D eigenvalue weighted by Gasteiger charge is -2.50. The number of nitrogens with zero attached hydrogens (tertiary/aromatic N) is 2. The van der Waals surface area contributed by atoms with Gasteiger partial charge in [-0.2, -0.15) is 0 Å². The summed E-state index contributed by atoms with van der Waals surface area (Å²) in [6.45, 7) is 4.80. The van der Waals surface area contributed by atoms with Crippen molar-refractivity contribution in [1.82, 2.24) is 9.97 Å². The zero-order valence-corrected chi connectivity index (χ0v) is 20.8. The van der Waals surface area contributed by atoms with Crippen LogP contribution in [0.2, 0.25) is 0 Å². The quantitative estimate of drug-likeness (QED) is 0.416. The monoisotopic (exact) mass is 468 g/mol. The molecule has 182 valence electrons. The van der Waals surface area contributed by atoms with Crippen LogP contribution in [0.5, 0.6) is 0 Å². The fourth-order valence-corrected chi connectivity index (χ4v) is 6.89. The highest BCUT2D eigenvalue weighted by atomic mass is 16.1. The Morgan fingerprint density at radius 2 is 1.69 bits per heavy atom. The van der Waals surface area contributed by atoms with Crippen molar-refractivity contribution in [1.29, 1.82) is 0 Å². The first kappa shape index (κ1) is 23.5. The third-order valence-electron chi connectivity index (χ3n) is 7.81. The summed E-state index contributed by atoms with van der Waals surface area (Å²) >= 11 is 0. The van der Waals surface area contributed by atoms with Gasteiger partial charge in [-0.05, 0) is 79.4 Å². The molecule has 5 heteroatoms. The number of hydrogen-bond acceptors (Lipinski definition) is 4. The number of rotatable bonds is 6. The highest BCUT2D eigenvalue weighted by Gasteiger charge is 2.44. The molecule has 1 aromatic heterocycles. The van der Waals surface area contributed by atoms with Crippen LogP contribution in [0.1, 0.15) is 57.2 Å². The maximum Gasteiger partial charge on any atom is 0.229 e. The number of hydrogen-bond donors (Lipinski definition) is 2. The van der Waals surface area contributed by atoms with Gasteiger partial charge in [-0.3, -0.25) is 4.79 Å². The molecule has 0 saturated heterocycles. The Labute approximate surface area is 208 Å². The molecule has 5 rings (SSSR count). The van der Waals surface area contributed by atoms with Gasteiger partial charge in [0.1, 0.15) is 0 Å². The average molecular weight is 469 g/mol. The minimum atomic E-state index is -0.0589. The summed E-state index contributed by atoms with van der Waals surface area (Å²) in [5, 5.41) is 3.10. The Balaban J connectivity index is 1.46. The lowest BCUT2D eigenvalue weighted by Crippen LogP contribution is -2.41. The van der Waals surface area contributed by atoms with E-state index in [1.54, 1.807) is 6.20 Å². The van der Waals surface area contributed by atoms with Crippen molar-refractivity contribution < 1.29 is 4.79 Å². The minimum absolute atomic E-state index is 0.0589. The van der Waals surface area contributed by atoms with Crippen molar-refractivity contribution in [3.63, 3.8) is 0 Å². The van der Waals surface area contributed by atoms with Gasteiger partial charge in [0, 0.05) is 11.3 Å². The summed E-state index contributed by atoms with van der Waals surface area (Å²) in [7, 11) is 0. The lowest BCUT2D eigenvalue weighted by atomic mass is 9.55.